The number of piperidine rings is 1. The van der Waals surface area contributed by atoms with Crippen molar-refractivity contribution >= 4 is 16.6 Å². The van der Waals surface area contributed by atoms with Gasteiger partial charge in [-0.05, 0) is 128 Å². The van der Waals surface area contributed by atoms with Crippen molar-refractivity contribution in [1.29, 1.82) is 0 Å². The molecule has 3 aliphatic carbocycles. The maximum atomic E-state index is 13.7. The van der Waals surface area contributed by atoms with Gasteiger partial charge in [0.15, 0.2) is 22.2 Å². The highest BCUT2D eigenvalue weighted by Crippen LogP contribution is 2.59. The zero-order chi connectivity index (χ0) is 37.9. The molecule has 0 radical (unpaired) electrons. The van der Waals surface area contributed by atoms with Crippen LogP contribution in [0.15, 0.2) is 35.5 Å². The van der Waals surface area contributed by atoms with E-state index in [9.17, 15) is 18.3 Å². The number of hydrogen-bond donors (Lipinski definition) is 1. The molecule has 288 valence electrons. The van der Waals surface area contributed by atoms with E-state index in [1.807, 2.05) is 4.90 Å². The number of halogens is 3. The highest BCUT2D eigenvalue weighted by Gasteiger charge is 2.56. The molecular weight excluding hydrogens is 668 g/mol. The molecule has 4 nitrogen and oxygen atoms in total. The van der Waals surface area contributed by atoms with E-state index in [0.29, 0.717) is 31.3 Å². The third kappa shape index (κ3) is 8.48. The summed E-state index contributed by atoms with van der Waals surface area (Å²) in [7, 11) is -4.12. The molecule has 1 heterocycles. The molecule has 50 heavy (non-hydrogen) atoms. The minimum absolute atomic E-state index is 0.0685. The first-order valence-corrected chi connectivity index (χ1v) is 25.4. The van der Waals surface area contributed by atoms with Gasteiger partial charge < -0.3 is 14.0 Å². The Hall–Kier alpha value is -0.716. The van der Waals surface area contributed by atoms with Gasteiger partial charge in [-0.25, -0.2) is 0 Å². The summed E-state index contributed by atoms with van der Waals surface area (Å²) in [6.45, 7) is 35.8. The van der Waals surface area contributed by atoms with Crippen molar-refractivity contribution in [3.63, 3.8) is 0 Å². The molecule has 4 aliphatic rings. The lowest BCUT2D eigenvalue weighted by atomic mass is 9.61. The number of aliphatic hydroxyl groups is 1. The van der Waals surface area contributed by atoms with E-state index in [1.54, 1.807) is 0 Å². The van der Waals surface area contributed by atoms with E-state index in [4.69, 9.17) is 15.4 Å². The van der Waals surface area contributed by atoms with Crippen molar-refractivity contribution in [3.8, 4) is 0 Å². The Morgan fingerprint density at radius 3 is 2.14 bits per heavy atom. The van der Waals surface area contributed by atoms with Gasteiger partial charge in [-0.1, -0.05) is 86.6 Å². The molecule has 4 fully saturated rings. The summed E-state index contributed by atoms with van der Waals surface area (Å²) < 4.78 is 55.4. The minimum Gasteiger partial charge on any atom is -0.413 e. The zero-order valence-corrected chi connectivity index (χ0v) is 35.9. The van der Waals surface area contributed by atoms with Crippen LogP contribution in [-0.2, 0) is 8.85 Å². The summed E-state index contributed by atoms with van der Waals surface area (Å²) in [4.78, 5) is 1.88. The first-order chi connectivity index (χ1) is 22.6. The van der Waals surface area contributed by atoms with Gasteiger partial charge in [0, 0.05) is 19.0 Å². The second kappa shape index (κ2) is 14.5. The number of hydrogen-bond acceptors (Lipinski definition) is 4. The molecule has 0 bridgehead atoms. The largest absolute Gasteiger partial charge is 0.418 e. The number of nitrogens with zero attached hydrogens (tertiary/aromatic N) is 1. The van der Waals surface area contributed by atoms with Crippen molar-refractivity contribution in [3.05, 3.63) is 35.5 Å². The van der Waals surface area contributed by atoms with Crippen molar-refractivity contribution in [2.75, 3.05) is 19.6 Å². The van der Waals surface area contributed by atoms with E-state index < -0.39 is 28.4 Å². The lowest BCUT2D eigenvalue weighted by Crippen LogP contribution is -2.57. The van der Waals surface area contributed by atoms with Gasteiger partial charge in [-0.2, -0.15) is 13.2 Å². The number of rotatable bonds is 8. The van der Waals surface area contributed by atoms with Crippen molar-refractivity contribution in [2.45, 2.75) is 174 Å². The van der Waals surface area contributed by atoms with E-state index in [1.165, 1.54) is 11.1 Å². The Bertz CT molecular complexity index is 1290. The van der Waals surface area contributed by atoms with Gasteiger partial charge in [0.05, 0.1) is 12.2 Å². The normalized spacial score (nSPS) is 36.3. The van der Waals surface area contributed by atoms with Gasteiger partial charge in [0.2, 0.25) is 0 Å². The number of allylic oxidation sites excluding steroid dienone is 3. The number of alkyl halides is 3. The van der Waals surface area contributed by atoms with Gasteiger partial charge in [0.1, 0.15) is 0 Å². The molecule has 9 heteroatoms. The highest BCUT2D eigenvalue weighted by molar-refractivity contribution is 6.74. The maximum Gasteiger partial charge on any atom is 0.418 e. The number of β-amino-alcohol motifs (C(OH)–C–C–N with tert-alkyl or cyclic N) is 1. The van der Waals surface area contributed by atoms with Crippen molar-refractivity contribution in [1.82, 2.24) is 4.90 Å². The first-order valence-electron chi connectivity index (χ1n) is 19.6. The summed E-state index contributed by atoms with van der Waals surface area (Å²) in [6.07, 6.45) is 6.77. The van der Waals surface area contributed by atoms with Gasteiger partial charge >= 0.3 is 6.18 Å². The molecule has 1 aliphatic heterocycles. The third-order valence-corrected chi connectivity index (χ3v) is 23.5. The van der Waals surface area contributed by atoms with E-state index >= 15 is 0 Å². The Balaban J connectivity index is 1.58. The topological polar surface area (TPSA) is 41.9 Å². The van der Waals surface area contributed by atoms with Crippen LogP contribution in [0.1, 0.15) is 114 Å². The van der Waals surface area contributed by atoms with Gasteiger partial charge in [-0.3, -0.25) is 4.90 Å². The fourth-order valence-electron chi connectivity index (χ4n) is 9.25. The van der Waals surface area contributed by atoms with Crippen LogP contribution in [0.25, 0.3) is 0 Å². The van der Waals surface area contributed by atoms with Crippen molar-refractivity contribution < 1.29 is 27.1 Å². The predicted octanol–water partition coefficient (Wildman–Crippen LogP) is 11.5. The monoisotopic (exact) mass is 740 g/mol. The molecule has 3 unspecified atom stereocenters. The molecule has 0 amide bonds. The van der Waals surface area contributed by atoms with Crippen LogP contribution in [0.4, 0.5) is 13.2 Å². The van der Waals surface area contributed by atoms with Crippen LogP contribution >= 0.6 is 0 Å². The van der Waals surface area contributed by atoms with Crippen LogP contribution in [0.5, 0.6) is 0 Å². The van der Waals surface area contributed by atoms with Crippen molar-refractivity contribution in [2.24, 2.45) is 29.1 Å². The quantitative estimate of drug-likeness (QED) is 0.252. The average molecular weight is 740 g/mol. The van der Waals surface area contributed by atoms with Gasteiger partial charge in [-0.15, -0.1) is 0 Å². The van der Waals surface area contributed by atoms with E-state index in [2.05, 4.69) is 101 Å². The highest BCUT2D eigenvalue weighted by atomic mass is 28.4. The van der Waals surface area contributed by atoms with Crippen LogP contribution in [0.2, 0.25) is 36.3 Å². The Kier molecular flexibility index (Phi) is 12.2. The predicted molar refractivity (Wildman–Crippen MR) is 207 cm³/mol. The molecule has 0 aromatic carbocycles. The standard InChI is InChI=1S/C41H72F3NO3Si2/c1-28(26-45-24-16-23-40(46,27-45)41(42,43)44)33-20-21-34-31(17-15-22-39(33,34)10)18-19-32-25-35(47-49(11,12)37(4,5)6)30(3)36(29(32)2)48-50(13,14)38(7,8)9/h18-19,28,30,33-36,46H,2,15-17,20-27H2,1,3-14H3/b31-18+,32-19-/t28-,30+,33-,34+,35?,36?,39-,40?/m1/s1. The van der Waals surface area contributed by atoms with Crippen LogP contribution < -0.4 is 0 Å². The molecule has 0 spiro atoms. The molecule has 4 rings (SSSR count). The Labute approximate surface area is 306 Å². The maximum absolute atomic E-state index is 13.7. The molecule has 0 aromatic heterocycles. The lowest BCUT2D eigenvalue weighted by molar-refractivity contribution is -0.274. The molecule has 0 aromatic rings. The summed E-state index contributed by atoms with van der Waals surface area (Å²) in [5.74, 6) is 1.39. The molecule has 1 saturated heterocycles. The van der Waals surface area contributed by atoms with Crippen LogP contribution in [0, 0.1) is 29.1 Å². The van der Waals surface area contributed by atoms with Crippen LogP contribution in [-0.4, -0.2) is 70.3 Å². The smallest absolute Gasteiger partial charge is 0.413 e. The third-order valence-electron chi connectivity index (χ3n) is 14.6. The summed E-state index contributed by atoms with van der Waals surface area (Å²) >= 11 is 0. The summed E-state index contributed by atoms with van der Waals surface area (Å²) in [6, 6.07) is 0. The minimum atomic E-state index is -4.59. The molecular formula is C41H72F3NO3Si2. The first kappa shape index (κ1) is 42.0. The van der Waals surface area contributed by atoms with Crippen LogP contribution in [0.3, 0.4) is 0 Å². The number of fused-ring (bicyclic) bond motifs is 1. The SMILES string of the molecule is C=C1/C(=C\C=C2/CCC[C@]3(C)[C@@H]([C@H](C)CN4CCCC(O)(C(F)(F)F)C4)CC[C@@H]23)CC(O[Si](C)(C)C(C)(C)C)[C@H](C)C1O[Si](C)(C)C(C)(C)C. The molecule has 8 atom stereocenters. The van der Waals surface area contributed by atoms with E-state index in [0.717, 1.165) is 44.1 Å². The Morgan fingerprint density at radius 2 is 1.56 bits per heavy atom. The average Bonchev–Trinajstić information content (AvgIpc) is 3.32. The Morgan fingerprint density at radius 1 is 0.960 bits per heavy atom. The molecule has 3 saturated carbocycles. The second-order valence-corrected chi connectivity index (χ2v) is 29.7. The summed E-state index contributed by atoms with van der Waals surface area (Å²) in [5, 5.41) is 10.6. The summed E-state index contributed by atoms with van der Waals surface area (Å²) in [5.41, 5.74) is 1.40. The van der Waals surface area contributed by atoms with E-state index in [-0.39, 0.29) is 52.5 Å². The molecule has 1 N–H and O–H groups in total. The fraction of sp³-hybridized carbons (Fsp3) is 0.854. The second-order valence-electron chi connectivity index (χ2n) is 20.2. The zero-order valence-electron chi connectivity index (χ0n) is 33.9. The van der Waals surface area contributed by atoms with Gasteiger partial charge in [0.25, 0.3) is 0 Å². The number of likely N-dealkylation sites (tertiary alicyclic amines) is 1. The lowest BCUT2D eigenvalue weighted by Gasteiger charge is -2.48. The fourth-order valence-corrected chi connectivity index (χ4v) is 12.0.